The first-order valence-electron chi connectivity index (χ1n) is 10.2. The van der Waals surface area contributed by atoms with Crippen molar-refractivity contribution in [3.8, 4) is 0 Å². The van der Waals surface area contributed by atoms with Crippen molar-refractivity contribution in [2.45, 2.75) is 20.5 Å². The number of anilines is 4. The van der Waals surface area contributed by atoms with Crippen LogP contribution in [0.25, 0.3) is 10.8 Å². The van der Waals surface area contributed by atoms with Gasteiger partial charge in [-0.15, -0.1) is 0 Å². The molecule has 1 aromatic heterocycles. The van der Waals surface area contributed by atoms with Gasteiger partial charge in [-0.25, -0.2) is 4.79 Å². The highest BCUT2D eigenvalue weighted by molar-refractivity contribution is 6.05. The van der Waals surface area contributed by atoms with E-state index in [4.69, 9.17) is 10.5 Å². The SMILES string of the molecule is CC(=O)Nc1cc2ccccc2cc1C(=O)OCc1nc(N)nc(Nc2ccccc2C)n1. The van der Waals surface area contributed by atoms with Crippen molar-refractivity contribution in [2.24, 2.45) is 0 Å². The number of nitrogen functional groups attached to an aromatic ring is 1. The maximum atomic E-state index is 12.9. The minimum Gasteiger partial charge on any atom is -0.454 e. The zero-order valence-electron chi connectivity index (χ0n) is 18.1. The zero-order valence-corrected chi connectivity index (χ0v) is 18.1. The van der Waals surface area contributed by atoms with E-state index in [-0.39, 0.29) is 35.8 Å². The molecule has 9 heteroatoms. The average Bonchev–Trinajstić information content (AvgIpc) is 2.78. The van der Waals surface area contributed by atoms with Gasteiger partial charge < -0.3 is 21.1 Å². The molecule has 0 radical (unpaired) electrons. The summed E-state index contributed by atoms with van der Waals surface area (Å²) < 4.78 is 5.44. The second-order valence-electron chi connectivity index (χ2n) is 7.38. The number of nitrogens with zero attached hydrogens (tertiary/aromatic N) is 3. The molecule has 1 heterocycles. The van der Waals surface area contributed by atoms with Crippen LogP contribution in [0.2, 0.25) is 0 Å². The van der Waals surface area contributed by atoms with Gasteiger partial charge in [0.2, 0.25) is 17.8 Å². The topological polar surface area (TPSA) is 132 Å². The third-order valence-electron chi connectivity index (χ3n) is 4.84. The van der Waals surface area contributed by atoms with E-state index in [0.717, 1.165) is 22.0 Å². The molecular weight excluding hydrogens is 420 g/mol. The van der Waals surface area contributed by atoms with E-state index < -0.39 is 5.97 Å². The Morgan fingerprint density at radius 3 is 2.36 bits per heavy atom. The number of rotatable bonds is 6. The largest absolute Gasteiger partial charge is 0.454 e. The molecule has 0 aliphatic heterocycles. The number of aryl methyl sites for hydroxylation is 1. The molecule has 0 fully saturated rings. The van der Waals surface area contributed by atoms with Crippen LogP contribution in [0.15, 0.2) is 60.7 Å². The van der Waals surface area contributed by atoms with Crippen LogP contribution >= 0.6 is 0 Å². The minimum atomic E-state index is -0.628. The van der Waals surface area contributed by atoms with E-state index in [1.54, 1.807) is 12.1 Å². The summed E-state index contributed by atoms with van der Waals surface area (Å²) in [4.78, 5) is 37.0. The van der Waals surface area contributed by atoms with E-state index in [1.165, 1.54) is 6.92 Å². The molecule has 0 saturated carbocycles. The molecule has 3 aromatic carbocycles. The average molecular weight is 442 g/mol. The first kappa shape index (κ1) is 21.7. The highest BCUT2D eigenvalue weighted by Crippen LogP contribution is 2.25. The predicted octanol–water partition coefficient (Wildman–Crippen LogP) is 3.97. The van der Waals surface area contributed by atoms with Gasteiger partial charge in [0.05, 0.1) is 11.3 Å². The molecule has 33 heavy (non-hydrogen) atoms. The molecule has 0 aliphatic rings. The number of hydrogen-bond acceptors (Lipinski definition) is 8. The Hall–Kier alpha value is -4.53. The number of fused-ring (bicyclic) bond motifs is 1. The van der Waals surface area contributed by atoms with Gasteiger partial charge in [0, 0.05) is 12.6 Å². The second-order valence-corrected chi connectivity index (χ2v) is 7.38. The first-order valence-corrected chi connectivity index (χ1v) is 10.2. The van der Waals surface area contributed by atoms with E-state index in [0.29, 0.717) is 5.69 Å². The molecule has 0 atom stereocenters. The van der Waals surface area contributed by atoms with Gasteiger partial charge in [-0.05, 0) is 41.5 Å². The number of carbonyl (C=O) groups excluding carboxylic acids is 2. The molecule has 4 aromatic rings. The molecule has 0 saturated heterocycles. The number of benzene rings is 3. The molecule has 0 bridgehead atoms. The molecule has 1 amide bonds. The highest BCUT2D eigenvalue weighted by atomic mass is 16.5. The first-order chi connectivity index (χ1) is 15.9. The lowest BCUT2D eigenvalue weighted by molar-refractivity contribution is -0.114. The molecule has 4 N–H and O–H groups in total. The van der Waals surface area contributed by atoms with Crippen molar-refractivity contribution in [3.05, 3.63) is 77.6 Å². The fourth-order valence-electron chi connectivity index (χ4n) is 3.30. The van der Waals surface area contributed by atoms with Gasteiger partial charge in [-0.2, -0.15) is 15.0 Å². The molecular formula is C24H22N6O3. The Balaban J connectivity index is 1.55. The number of amides is 1. The van der Waals surface area contributed by atoms with Crippen molar-refractivity contribution < 1.29 is 14.3 Å². The van der Waals surface area contributed by atoms with Gasteiger partial charge in [0.1, 0.15) is 0 Å². The van der Waals surface area contributed by atoms with E-state index in [1.807, 2.05) is 55.5 Å². The van der Waals surface area contributed by atoms with Crippen molar-refractivity contribution >= 4 is 45.9 Å². The molecule has 0 spiro atoms. The van der Waals surface area contributed by atoms with Gasteiger partial charge in [-0.3, -0.25) is 4.79 Å². The summed E-state index contributed by atoms with van der Waals surface area (Å²) in [7, 11) is 0. The van der Waals surface area contributed by atoms with Crippen molar-refractivity contribution in [3.63, 3.8) is 0 Å². The third kappa shape index (κ3) is 5.21. The van der Waals surface area contributed by atoms with E-state index >= 15 is 0 Å². The van der Waals surface area contributed by atoms with Crippen molar-refractivity contribution in [1.82, 2.24) is 15.0 Å². The number of hydrogen-bond donors (Lipinski definition) is 3. The Morgan fingerprint density at radius 1 is 0.939 bits per heavy atom. The summed E-state index contributed by atoms with van der Waals surface area (Å²) in [5.41, 5.74) is 8.24. The Kier molecular flexibility index (Phi) is 6.12. The molecule has 166 valence electrons. The van der Waals surface area contributed by atoms with Gasteiger partial charge >= 0.3 is 5.97 Å². The lowest BCUT2D eigenvalue weighted by atomic mass is 10.0. The maximum Gasteiger partial charge on any atom is 0.340 e. The van der Waals surface area contributed by atoms with Crippen LogP contribution in [0.4, 0.5) is 23.3 Å². The maximum absolute atomic E-state index is 12.9. The highest BCUT2D eigenvalue weighted by Gasteiger charge is 2.17. The smallest absolute Gasteiger partial charge is 0.340 e. The summed E-state index contributed by atoms with van der Waals surface area (Å²) in [6.45, 7) is 3.10. The molecule has 0 unspecified atom stereocenters. The molecule has 0 aliphatic carbocycles. The van der Waals surface area contributed by atoms with Crippen LogP contribution in [0.5, 0.6) is 0 Å². The Labute approximate surface area is 190 Å². The number of nitrogens with one attached hydrogen (secondary N) is 2. The molecule has 4 rings (SSSR count). The lowest BCUT2D eigenvalue weighted by Crippen LogP contribution is -2.14. The standard InChI is InChI=1S/C24H22N6O3/c1-14-7-3-6-10-19(14)27-24-29-21(28-23(25)30-24)13-33-22(32)18-11-16-8-4-5-9-17(16)12-20(18)26-15(2)31/h3-12H,13H2,1-2H3,(H,26,31)(H3,25,27,28,29,30). The van der Waals surface area contributed by atoms with Crippen molar-refractivity contribution in [2.75, 3.05) is 16.4 Å². The van der Waals surface area contributed by atoms with Crippen LogP contribution < -0.4 is 16.4 Å². The number of aromatic nitrogens is 3. The number of nitrogens with two attached hydrogens (primary N) is 1. The second kappa shape index (κ2) is 9.31. The number of para-hydroxylation sites is 1. The van der Waals surface area contributed by atoms with Crippen molar-refractivity contribution in [1.29, 1.82) is 0 Å². The van der Waals surface area contributed by atoms with Crippen LogP contribution in [-0.4, -0.2) is 26.8 Å². The Bertz CT molecular complexity index is 1360. The fraction of sp³-hybridized carbons (Fsp3) is 0.125. The summed E-state index contributed by atoms with van der Waals surface area (Å²) in [5, 5.41) is 7.50. The number of ether oxygens (including phenoxy) is 1. The van der Waals surface area contributed by atoms with Gasteiger partial charge in [-0.1, -0.05) is 42.5 Å². The number of carbonyl (C=O) groups is 2. The monoisotopic (exact) mass is 442 g/mol. The Morgan fingerprint density at radius 2 is 1.64 bits per heavy atom. The van der Waals surface area contributed by atoms with E-state index in [9.17, 15) is 9.59 Å². The van der Waals surface area contributed by atoms with Crippen LogP contribution in [0.1, 0.15) is 28.7 Å². The van der Waals surface area contributed by atoms with Crippen LogP contribution in [0.3, 0.4) is 0 Å². The van der Waals surface area contributed by atoms with Crippen LogP contribution in [-0.2, 0) is 16.1 Å². The molecule has 9 nitrogen and oxygen atoms in total. The quantitative estimate of drug-likeness (QED) is 0.382. The lowest BCUT2D eigenvalue weighted by Gasteiger charge is -2.12. The summed E-state index contributed by atoms with van der Waals surface area (Å²) in [6, 6.07) is 18.6. The minimum absolute atomic E-state index is 0.00299. The summed E-state index contributed by atoms with van der Waals surface area (Å²) >= 11 is 0. The van der Waals surface area contributed by atoms with E-state index in [2.05, 4.69) is 25.6 Å². The summed E-state index contributed by atoms with van der Waals surface area (Å²) in [5.74, 6) is -0.494. The normalized spacial score (nSPS) is 10.6. The number of esters is 1. The third-order valence-corrected chi connectivity index (χ3v) is 4.84. The van der Waals surface area contributed by atoms with Gasteiger partial charge in [0.25, 0.3) is 0 Å². The van der Waals surface area contributed by atoms with Crippen LogP contribution in [0, 0.1) is 6.92 Å². The zero-order chi connectivity index (χ0) is 23.4. The summed E-state index contributed by atoms with van der Waals surface area (Å²) in [6.07, 6.45) is 0. The van der Waals surface area contributed by atoms with Gasteiger partial charge in [0.15, 0.2) is 12.4 Å². The predicted molar refractivity (Wildman–Crippen MR) is 126 cm³/mol. The fourth-order valence-corrected chi connectivity index (χ4v) is 3.30.